The van der Waals surface area contributed by atoms with Crippen LogP contribution < -0.4 is 17.4 Å². The molecular weight excluding hydrogens is 578 g/mol. The van der Waals surface area contributed by atoms with E-state index in [2.05, 4.69) is 20.9 Å². The summed E-state index contributed by atoms with van der Waals surface area (Å²) >= 11 is 0. The first-order valence-electron chi connectivity index (χ1n) is 12.4. The summed E-state index contributed by atoms with van der Waals surface area (Å²) < 4.78 is 47.4. The lowest BCUT2D eigenvalue weighted by molar-refractivity contribution is -0.106. The molecule has 5 rings (SSSR count). The molecular formula is C25H23N5O13. The summed E-state index contributed by atoms with van der Waals surface area (Å²) in [5.41, 5.74) is 4.72. The molecule has 1 aliphatic heterocycles. The molecule has 18 nitrogen and oxygen atoms in total. The minimum Gasteiger partial charge on any atom is -0.430 e. The van der Waals surface area contributed by atoms with Gasteiger partial charge in [0.15, 0.2) is 53.8 Å². The van der Waals surface area contributed by atoms with Gasteiger partial charge in [-0.2, -0.15) is 0 Å². The van der Waals surface area contributed by atoms with E-state index in [-0.39, 0.29) is 35.3 Å². The molecule has 0 bridgehead atoms. The van der Waals surface area contributed by atoms with E-state index >= 15 is 0 Å². The molecule has 2 N–H and O–H groups in total. The summed E-state index contributed by atoms with van der Waals surface area (Å²) in [4.78, 5) is 60.2. The molecule has 43 heavy (non-hydrogen) atoms. The van der Waals surface area contributed by atoms with Crippen LogP contribution in [0.2, 0.25) is 0 Å². The van der Waals surface area contributed by atoms with Gasteiger partial charge in [-0.3, -0.25) is 4.57 Å². The van der Waals surface area contributed by atoms with Crippen LogP contribution in [0.4, 0.5) is 15.4 Å². The highest BCUT2D eigenvalue weighted by molar-refractivity contribution is 5.81. The van der Waals surface area contributed by atoms with Crippen molar-refractivity contribution in [3.63, 3.8) is 0 Å². The summed E-state index contributed by atoms with van der Waals surface area (Å²) in [6.07, 6.45) is 2.54. The Hall–Kier alpha value is -5.57. The molecule has 3 atom stereocenters. The molecule has 0 saturated carbocycles. The van der Waals surface area contributed by atoms with Crippen molar-refractivity contribution in [2.75, 3.05) is 12.3 Å². The number of aryl methyl sites for hydroxylation is 3. The van der Waals surface area contributed by atoms with E-state index in [0.29, 0.717) is 17.0 Å². The number of carbonyl (C=O) groups is 2. The Morgan fingerprint density at radius 3 is 2.23 bits per heavy atom. The Morgan fingerprint density at radius 1 is 1.02 bits per heavy atom. The molecule has 5 heterocycles. The van der Waals surface area contributed by atoms with Crippen molar-refractivity contribution < 1.29 is 50.9 Å². The first-order valence-corrected chi connectivity index (χ1v) is 12.4. The zero-order valence-corrected chi connectivity index (χ0v) is 22.8. The number of nitrogens with two attached hydrogens (primary N) is 1. The molecule has 0 aromatic carbocycles. The number of aromatic nitrogens is 4. The van der Waals surface area contributed by atoms with Crippen molar-refractivity contribution >= 4 is 29.3 Å². The van der Waals surface area contributed by atoms with Gasteiger partial charge in [0, 0.05) is 6.42 Å². The van der Waals surface area contributed by atoms with Crippen LogP contribution in [0.3, 0.4) is 0 Å². The van der Waals surface area contributed by atoms with E-state index in [1.165, 1.54) is 24.7 Å². The fraction of sp³-hybridized carbons (Fsp3) is 0.400. The largest absolute Gasteiger partial charge is 0.519 e. The fourth-order valence-electron chi connectivity index (χ4n) is 4.23. The van der Waals surface area contributed by atoms with Gasteiger partial charge >= 0.3 is 24.0 Å². The zero-order chi connectivity index (χ0) is 30.9. The summed E-state index contributed by atoms with van der Waals surface area (Å²) in [6.45, 7) is 2.92. The summed E-state index contributed by atoms with van der Waals surface area (Å²) in [7, 11) is 0. The van der Waals surface area contributed by atoms with Crippen LogP contribution in [-0.4, -0.2) is 50.1 Å². The molecule has 4 aromatic heterocycles. The van der Waals surface area contributed by atoms with E-state index < -0.39 is 61.7 Å². The molecule has 0 radical (unpaired) electrons. The summed E-state index contributed by atoms with van der Waals surface area (Å²) in [5, 5.41) is 0. The third-order valence-corrected chi connectivity index (χ3v) is 6.35. The molecule has 226 valence electrons. The second kappa shape index (κ2) is 11.4. The van der Waals surface area contributed by atoms with E-state index in [4.69, 9.17) is 53.5 Å². The van der Waals surface area contributed by atoms with E-state index in [1.54, 1.807) is 6.92 Å². The second-order valence-corrected chi connectivity index (χ2v) is 9.16. The number of nitrogen functional groups attached to an aromatic ring is 1. The van der Waals surface area contributed by atoms with Crippen molar-refractivity contribution in [1.82, 2.24) is 19.5 Å². The SMILES string of the molecule is C#C[C@]1(COC(=O)OCc2oc(=O)oc2C)O[C@@H](n2cnc3c(N)nc(C)nc32)C[C@@H]1OC(=O)OCc1oc(=O)oc1C. The van der Waals surface area contributed by atoms with Gasteiger partial charge < -0.3 is 47.1 Å². The van der Waals surface area contributed by atoms with Crippen molar-refractivity contribution in [3.8, 4) is 12.3 Å². The second-order valence-electron chi connectivity index (χ2n) is 9.16. The van der Waals surface area contributed by atoms with Gasteiger partial charge in [0.25, 0.3) is 0 Å². The van der Waals surface area contributed by atoms with E-state index in [9.17, 15) is 19.2 Å². The van der Waals surface area contributed by atoms with Crippen LogP contribution in [0.25, 0.3) is 11.2 Å². The van der Waals surface area contributed by atoms with Crippen LogP contribution in [-0.2, 0) is 36.9 Å². The highest BCUT2D eigenvalue weighted by Crippen LogP contribution is 2.40. The van der Waals surface area contributed by atoms with Crippen LogP contribution in [0, 0.1) is 33.1 Å². The average molecular weight is 601 g/mol. The van der Waals surface area contributed by atoms with E-state index in [0.717, 1.165) is 0 Å². The number of nitrogens with zero attached hydrogens (tertiary/aromatic N) is 4. The third-order valence-electron chi connectivity index (χ3n) is 6.35. The monoisotopic (exact) mass is 601 g/mol. The predicted molar refractivity (Wildman–Crippen MR) is 136 cm³/mol. The maximum Gasteiger partial charge on any atom is 0.519 e. The number of anilines is 1. The number of rotatable bonds is 8. The van der Waals surface area contributed by atoms with Crippen molar-refractivity contribution in [2.24, 2.45) is 0 Å². The lowest BCUT2D eigenvalue weighted by Gasteiger charge is -2.27. The number of hydrogen-bond acceptors (Lipinski definition) is 17. The van der Waals surface area contributed by atoms with Gasteiger partial charge in [0.05, 0.1) is 6.33 Å². The first kappa shape index (κ1) is 28.9. The van der Waals surface area contributed by atoms with Crippen LogP contribution >= 0.6 is 0 Å². The highest BCUT2D eigenvalue weighted by Gasteiger charge is 2.53. The van der Waals surface area contributed by atoms with Crippen molar-refractivity contribution in [2.45, 2.75) is 58.3 Å². The minimum absolute atomic E-state index is 0.0259. The van der Waals surface area contributed by atoms with Gasteiger partial charge in [0.2, 0.25) is 5.60 Å². The third kappa shape index (κ3) is 5.92. The maximum absolute atomic E-state index is 12.7. The number of ether oxygens (including phenoxy) is 5. The predicted octanol–water partition coefficient (Wildman–Crippen LogP) is 1.79. The van der Waals surface area contributed by atoms with E-state index in [1.807, 2.05) is 0 Å². The zero-order valence-electron chi connectivity index (χ0n) is 22.8. The average Bonchev–Trinajstić information content (AvgIpc) is 3.69. The maximum atomic E-state index is 12.7. The lowest BCUT2D eigenvalue weighted by Crippen LogP contribution is -2.45. The van der Waals surface area contributed by atoms with Gasteiger partial charge in [-0.1, -0.05) is 5.92 Å². The Labute approximate surface area is 239 Å². The Bertz CT molecular complexity index is 1840. The molecule has 1 aliphatic rings. The molecule has 4 aromatic rings. The molecule has 0 spiro atoms. The Kier molecular flexibility index (Phi) is 7.65. The molecule has 0 unspecified atom stereocenters. The van der Waals surface area contributed by atoms with Gasteiger partial charge in [-0.05, 0) is 20.8 Å². The van der Waals surface area contributed by atoms with Gasteiger partial charge in [-0.15, -0.1) is 6.42 Å². The van der Waals surface area contributed by atoms with Crippen molar-refractivity contribution in [3.05, 3.63) is 56.4 Å². The van der Waals surface area contributed by atoms with Crippen LogP contribution in [0.15, 0.2) is 33.6 Å². The van der Waals surface area contributed by atoms with Crippen molar-refractivity contribution in [1.29, 1.82) is 0 Å². The number of hydrogen-bond donors (Lipinski definition) is 1. The van der Waals surface area contributed by atoms with Gasteiger partial charge in [-0.25, -0.2) is 34.1 Å². The standard InChI is InChI=1S/C25H23N5O13/c1-5-25(9-37-21(31)35-7-14-11(2)38-23(33)40-14)16(42-22(32)36-8-15-12(3)39-24(34)41-15)6-17(43-25)30-10-27-18-19(26)28-13(4)29-20(18)30/h1,10,16-17H,6-9H2,2-4H3,(H2,26,28,29)/t16-,17+,25+/m0/s1. The van der Waals surface area contributed by atoms with Gasteiger partial charge in [0.1, 0.15) is 24.2 Å². The number of carbonyl (C=O) groups excluding carboxylic acids is 2. The quantitative estimate of drug-likeness (QED) is 0.224. The first-order chi connectivity index (χ1) is 20.5. The topological polar surface area (TPSA) is 237 Å². The Morgan fingerprint density at radius 2 is 1.65 bits per heavy atom. The summed E-state index contributed by atoms with van der Waals surface area (Å²) in [6, 6.07) is 0. The highest BCUT2D eigenvalue weighted by atomic mass is 16.8. The smallest absolute Gasteiger partial charge is 0.430 e. The number of imidazole rings is 1. The molecule has 0 amide bonds. The van der Waals surface area contributed by atoms with Crippen LogP contribution in [0.1, 0.15) is 41.5 Å². The minimum atomic E-state index is -1.86. The number of fused-ring (bicyclic) bond motifs is 1. The molecule has 0 aliphatic carbocycles. The molecule has 1 saturated heterocycles. The molecule has 18 heteroatoms. The molecule has 1 fully saturated rings. The Balaban J connectivity index is 1.34. The normalized spacial score (nSPS) is 19.7. The van der Waals surface area contributed by atoms with Crippen LogP contribution in [0.5, 0.6) is 0 Å². The number of terminal acetylenes is 1. The summed E-state index contributed by atoms with van der Waals surface area (Å²) in [5.74, 6) is 1.13. The fourth-order valence-corrected chi connectivity index (χ4v) is 4.23. The lowest BCUT2D eigenvalue weighted by atomic mass is 9.98.